The first-order valence-electron chi connectivity index (χ1n) is 4.45. The van der Waals surface area contributed by atoms with Crippen molar-refractivity contribution in [3.63, 3.8) is 0 Å². The standard InChI is InChI=1S/C11H15NO/c1-8(12)7-10-3-5-11(6-4-10)9(2)13/h3-6,8H,7,12H2,1-2H3. The molecular formula is C11H15NO. The van der Waals surface area contributed by atoms with E-state index in [0.717, 1.165) is 12.0 Å². The van der Waals surface area contributed by atoms with Gasteiger partial charge in [-0.3, -0.25) is 4.79 Å². The predicted octanol–water partition coefficient (Wildman–Crippen LogP) is 1.78. The summed E-state index contributed by atoms with van der Waals surface area (Å²) in [5.74, 6) is 0.104. The second kappa shape index (κ2) is 4.19. The summed E-state index contributed by atoms with van der Waals surface area (Å²) < 4.78 is 0. The zero-order valence-electron chi connectivity index (χ0n) is 8.08. The Balaban J connectivity index is 2.75. The third-order valence-corrected chi connectivity index (χ3v) is 1.92. The van der Waals surface area contributed by atoms with Crippen molar-refractivity contribution in [1.29, 1.82) is 0 Å². The van der Waals surface area contributed by atoms with Crippen LogP contribution in [-0.4, -0.2) is 11.8 Å². The highest BCUT2D eigenvalue weighted by atomic mass is 16.1. The molecule has 0 bridgehead atoms. The van der Waals surface area contributed by atoms with Gasteiger partial charge in [0.2, 0.25) is 0 Å². The molecule has 2 N–H and O–H groups in total. The van der Waals surface area contributed by atoms with E-state index in [1.165, 1.54) is 5.56 Å². The summed E-state index contributed by atoms with van der Waals surface area (Å²) in [6, 6.07) is 7.78. The fourth-order valence-corrected chi connectivity index (χ4v) is 1.25. The highest BCUT2D eigenvalue weighted by Crippen LogP contribution is 2.06. The van der Waals surface area contributed by atoms with E-state index in [9.17, 15) is 4.79 Å². The number of rotatable bonds is 3. The minimum absolute atomic E-state index is 0.104. The Morgan fingerprint density at radius 1 is 1.38 bits per heavy atom. The molecule has 13 heavy (non-hydrogen) atoms. The maximum atomic E-state index is 11.0. The van der Waals surface area contributed by atoms with Crippen LogP contribution in [0.5, 0.6) is 0 Å². The summed E-state index contributed by atoms with van der Waals surface area (Å²) in [4.78, 5) is 11.0. The highest BCUT2D eigenvalue weighted by molar-refractivity contribution is 5.93. The first kappa shape index (κ1) is 9.93. The lowest BCUT2D eigenvalue weighted by Gasteiger charge is -2.04. The van der Waals surface area contributed by atoms with Gasteiger partial charge < -0.3 is 5.73 Å². The summed E-state index contributed by atoms with van der Waals surface area (Å²) in [7, 11) is 0. The number of hydrogen-bond acceptors (Lipinski definition) is 2. The molecule has 1 rings (SSSR count). The quantitative estimate of drug-likeness (QED) is 0.715. The van der Waals surface area contributed by atoms with E-state index >= 15 is 0 Å². The van der Waals surface area contributed by atoms with Crippen LogP contribution in [0.1, 0.15) is 29.8 Å². The van der Waals surface area contributed by atoms with Crippen LogP contribution < -0.4 is 5.73 Å². The molecule has 1 atom stereocenters. The number of nitrogens with two attached hydrogens (primary N) is 1. The molecule has 0 spiro atoms. The van der Waals surface area contributed by atoms with Gasteiger partial charge in [-0.15, -0.1) is 0 Å². The van der Waals surface area contributed by atoms with Gasteiger partial charge in [-0.1, -0.05) is 24.3 Å². The molecule has 0 aliphatic carbocycles. The minimum Gasteiger partial charge on any atom is -0.328 e. The second-order valence-corrected chi connectivity index (χ2v) is 3.43. The van der Waals surface area contributed by atoms with E-state index in [2.05, 4.69) is 0 Å². The number of carbonyl (C=O) groups excluding carboxylic acids is 1. The number of benzene rings is 1. The highest BCUT2D eigenvalue weighted by Gasteiger charge is 2.00. The first-order chi connectivity index (χ1) is 6.09. The Hall–Kier alpha value is -1.15. The van der Waals surface area contributed by atoms with Crippen LogP contribution in [0.15, 0.2) is 24.3 Å². The van der Waals surface area contributed by atoms with Crippen molar-refractivity contribution in [2.45, 2.75) is 26.3 Å². The number of carbonyl (C=O) groups is 1. The van der Waals surface area contributed by atoms with Crippen molar-refractivity contribution < 1.29 is 4.79 Å². The van der Waals surface area contributed by atoms with Gasteiger partial charge in [-0.25, -0.2) is 0 Å². The summed E-state index contributed by atoms with van der Waals surface area (Å²) in [5, 5.41) is 0. The maximum Gasteiger partial charge on any atom is 0.159 e. The largest absolute Gasteiger partial charge is 0.328 e. The van der Waals surface area contributed by atoms with Crippen LogP contribution in [0.3, 0.4) is 0 Å². The third kappa shape index (κ3) is 2.99. The van der Waals surface area contributed by atoms with Crippen LogP contribution in [0.25, 0.3) is 0 Å². The molecule has 0 saturated carbocycles. The minimum atomic E-state index is 0.104. The van der Waals surface area contributed by atoms with Crippen LogP contribution in [0.4, 0.5) is 0 Å². The zero-order valence-corrected chi connectivity index (χ0v) is 8.08. The second-order valence-electron chi connectivity index (χ2n) is 3.43. The van der Waals surface area contributed by atoms with Crippen LogP contribution in [0.2, 0.25) is 0 Å². The van der Waals surface area contributed by atoms with Gasteiger partial charge in [0.05, 0.1) is 0 Å². The predicted molar refractivity (Wildman–Crippen MR) is 53.8 cm³/mol. The molecule has 0 aliphatic rings. The first-order valence-corrected chi connectivity index (χ1v) is 4.45. The molecule has 2 heteroatoms. The average Bonchev–Trinajstić information content (AvgIpc) is 2.04. The number of hydrogen-bond donors (Lipinski definition) is 1. The Kier molecular flexibility index (Phi) is 3.20. The topological polar surface area (TPSA) is 43.1 Å². The average molecular weight is 177 g/mol. The Morgan fingerprint density at radius 2 is 1.92 bits per heavy atom. The number of ketones is 1. The van der Waals surface area contributed by atoms with Crippen LogP contribution >= 0.6 is 0 Å². The summed E-state index contributed by atoms with van der Waals surface area (Å²) in [5.41, 5.74) is 7.59. The lowest BCUT2D eigenvalue weighted by molar-refractivity contribution is 0.101. The normalized spacial score (nSPS) is 12.5. The van der Waals surface area contributed by atoms with E-state index < -0.39 is 0 Å². The molecule has 0 aliphatic heterocycles. The molecule has 0 aromatic heterocycles. The van der Waals surface area contributed by atoms with Crippen LogP contribution in [0, 0.1) is 0 Å². The van der Waals surface area contributed by atoms with Crippen molar-refractivity contribution in [3.05, 3.63) is 35.4 Å². The number of Topliss-reactive ketones (excluding diaryl/α,β-unsaturated/α-hetero) is 1. The van der Waals surface area contributed by atoms with Crippen LogP contribution in [-0.2, 0) is 6.42 Å². The monoisotopic (exact) mass is 177 g/mol. The summed E-state index contributed by atoms with van der Waals surface area (Å²) >= 11 is 0. The van der Waals surface area contributed by atoms with Gasteiger partial charge in [0.1, 0.15) is 0 Å². The summed E-state index contributed by atoms with van der Waals surface area (Å²) in [6.07, 6.45) is 0.859. The smallest absolute Gasteiger partial charge is 0.159 e. The molecular weight excluding hydrogens is 162 g/mol. The van der Waals surface area contributed by atoms with Gasteiger partial charge in [-0.2, -0.15) is 0 Å². The SMILES string of the molecule is CC(=O)c1ccc(CC(C)N)cc1. The van der Waals surface area contributed by atoms with Gasteiger partial charge in [0.25, 0.3) is 0 Å². The van der Waals surface area contributed by atoms with Crippen molar-refractivity contribution in [2.75, 3.05) is 0 Å². The van der Waals surface area contributed by atoms with E-state index in [1.54, 1.807) is 6.92 Å². The molecule has 0 amide bonds. The Bertz CT molecular complexity index is 287. The lowest BCUT2D eigenvalue weighted by atomic mass is 10.0. The molecule has 0 heterocycles. The molecule has 0 saturated heterocycles. The lowest BCUT2D eigenvalue weighted by Crippen LogP contribution is -2.17. The van der Waals surface area contributed by atoms with E-state index in [1.807, 2.05) is 31.2 Å². The van der Waals surface area contributed by atoms with Gasteiger partial charge in [0, 0.05) is 11.6 Å². The third-order valence-electron chi connectivity index (χ3n) is 1.92. The Morgan fingerprint density at radius 3 is 2.31 bits per heavy atom. The fourth-order valence-electron chi connectivity index (χ4n) is 1.25. The van der Waals surface area contributed by atoms with Crippen molar-refractivity contribution in [2.24, 2.45) is 5.73 Å². The van der Waals surface area contributed by atoms with Gasteiger partial charge in [-0.05, 0) is 25.8 Å². The van der Waals surface area contributed by atoms with E-state index in [4.69, 9.17) is 5.73 Å². The zero-order chi connectivity index (χ0) is 9.84. The van der Waals surface area contributed by atoms with Gasteiger partial charge >= 0.3 is 0 Å². The molecule has 1 unspecified atom stereocenters. The molecule has 1 aromatic carbocycles. The van der Waals surface area contributed by atoms with Crippen molar-refractivity contribution in [1.82, 2.24) is 0 Å². The molecule has 0 radical (unpaired) electrons. The van der Waals surface area contributed by atoms with Gasteiger partial charge in [0.15, 0.2) is 5.78 Å². The van der Waals surface area contributed by atoms with E-state index in [0.29, 0.717) is 0 Å². The Labute approximate surface area is 78.8 Å². The maximum absolute atomic E-state index is 11.0. The molecule has 1 aromatic rings. The summed E-state index contributed by atoms with van der Waals surface area (Å²) in [6.45, 7) is 3.54. The fraction of sp³-hybridized carbons (Fsp3) is 0.364. The molecule has 70 valence electrons. The van der Waals surface area contributed by atoms with E-state index in [-0.39, 0.29) is 11.8 Å². The molecule has 0 fully saturated rings. The van der Waals surface area contributed by atoms with Crippen molar-refractivity contribution in [3.8, 4) is 0 Å². The molecule has 2 nitrogen and oxygen atoms in total. The van der Waals surface area contributed by atoms with Crippen molar-refractivity contribution >= 4 is 5.78 Å².